The van der Waals surface area contributed by atoms with Crippen LogP contribution in [-0.2, 0) is 11.3 Å². The van der Waals surface area contributed by atoms with Gasteiger partial charge in [0.25, 0.3) is 0 Å². The number of nitrogens with one attached hydrogen (secondary N) is 2. The molecule has 2 N–H and O–H groups in total. The average Bonchev–Trinajstić information content (AvgIpc) is 2.71. The largest absolute Gasteiger partial charge is 0.478 e. The molecule has 0 spiro atoms. The van der Waals surface area contributed by atoms with Crippen LogP contribution in [0.3, 0.4) is 0 Å². The minimum Gasteiger partial charge on any atom is -0.478 e. The van der Waals surface area contributed by atoms with Gasteiger partial charge in [0.1, 0.15) is 0 Å². The Labute approximate surface area is 184 Å². The number of halogens is 1. The quantitative estimate of drug-likeness (QED) is 0.337. The van der Waals surface area contributed by atoms with Gasteiger partial charge >= 0.3 is 6.09 Å². The lowest BCUT2D eigenvalue weighted by Crippen LogP contribution is -2.49. The summed E-state index contributed by atoms with van der Waals surface area (Å²) in [6, 6.07) is 4.15. The second-order valence-corrected chi connectivity index (χ2v) is 6.42. The summed E-state index contributed by atoms with van der Waals surface area (Å²) in [7, 11) is 1.42. The van der Waals surface area contributed by atoms with Crippen LogP contribution in [-0.4, -0.2) is 61.3 Å². The van der Waals surface area contributed by atoms with Crippen LogP contribution in [0.1, 0.15) is 38.7 Å². The van der Waals surface area contributed by atoms with Gasteiger partial charge in [-0.1, -0.05) is 13.0 Å². The van der Waals surface area contributed by atoms with E-state index in [1.165, 1.54) is 7.11 Å². The lowest BCUT2D eigenvalue weighted by atomic mass is 10.1. The van der Waals surface area contributed by atoms with Crippen molar-refractivity contribution >= 4 is 36.0 Å². The molecule has 2 heterocycles. The Hall–Kier alpha value is -1.78. The molecule has 8 nitrogen and oxygen atoms in total. The minimum absolute atomic E-state index is 0. The summed E-state index contributed by atoms with van der Waals surface area (Å²) in [5.74, 6) is 1.42. The molecule has 1 fully saturated rings. The number of hydrogen-bond donors (Lipinski definition) is 2. The van der Waals surface area contributed by atoms with Crippen molar-refractivity contribution in [3.05, 3.63) is 23.9 Å². The van der Waals surface area contributed by atoms with Gasteiger partial charge in [-0.25, -0.2) is 14.8 Å². The number of carbonyl (C=O) groups is 1. The highest BCUT2D eigenvalue weighted by atomic mass is 127. The van der Waals surface area contributed by atoms with E-state index in [0.717, 1.165) is 37.3 Å². The molecule has 0 unspecified atom stereocenters. The second-order valence-electron chi connectivity index (χ2n) is 6.42. The fraction of sp³-hybridized carbons (Fsp3) is 0.632. The predicted molar refractivity (Wildman–Crippen MR) is 120 cm³/mol. The summed E-state index contributed by atoms with van der Waals surface area (Å²) in [6.07, 6.45) is 4.24. The summed E-state index contributed by atoms with van der Waals surface area (Å²) >= 11 is 0. The van der Waals surface area contributed by atoms with E-state index in [0.29, 0.717) is 32.1 Å². The first-order valence-electron chi connectivity index (χ1n) is 9.61. The molecule has 0 atom stereocenters. The van der Waals surface area contributed by atoms with Crippen molar-refractivity contribution in [2.24, 2.45) is 4.99 Å². The Bertz CT molecular complexity index is 604. The molecular weight excluding hydrogens is 473 g/mol. The Morgan fingerprint density at radius 1 is 1.32 bits per heavy atom. The maximum absolute atomic E-state index is 11.6. The number of rotatable bonds is 7. The lowest BCUT2D eigenvalue weighted by molar-refractivity contribution is 0.111. The maximum atomic E-state index is 11.6. The third-order valence-corrected chi connectivity index (χ3v) is 4.28. The normalized spacial score (nSPS) is 14.8. The highest BCUT2D eigenvalue weighted by molar-refractivity contribution is 14.0. The number of nitrogens with zero attached hydrogens (tertiary/aromatic N) is 3. The van der Waals surface area contributed by atoms with Gasteiger partial charge in [-0.2, -0.15) is 0 Å². The Balaban J connectivity index is 0.00000392. The van der Waals surface area contributed by atoms with Crippen LogP contribution < -0.4 is 15.4 Å². The highest BCUT2D eigenvalue weighted by Gasteiger charge is 2.23. The molecular formula is C19H32IN5O3. The first-order chi connectivity index (χ1) is 13.2. The zero-order valence-corrected chi connectivity index (χ0v) is 19.3. The number of guanidine groups is 1. The third kappa shape index (κ3) is 8.07. The van der Waals surface area contributed by atoms with E-state index in [4.69, 9.17) is 9.47 Å². The van der Waals surface area contributed by atoms with Crippen molar-refractivity contribution in [1.82, 2.24) is 20.5 Å². The first-order valence-corrected chi connectivity index (χ1v) is 9.61. The standard InChI is InChI=1S/C19H31N5O3.HI/c1-4-12-27-17-7-6-15(13-21-17)14-22-18(20-5-2)23-16-8-10-24(11-9-16)19(25)26-3;/h6-7,13,16H,4-5,8-12,14H2,1-3H3,(H2,20,22,23);1H. The zero-order chi connectivity index (χ0) is 19.5. The summed E-state index contributed by atoms with van der Waals surface area (Å²) in [5, 5.41) is 6.73. The van der Waals surface area contributed by atoms with E-state index in [1.807, 2.05) is 19.1 Å². The van der Waals surface area contributed by atoms with Crippen molar-refractivity contribution < 1.29 is 14.3 Å². The van der Waals surface area contributed by atoms with Crippen molar-refractivity contribution in [1.29, 1.82) is 0 Å². The lowest BCUT2D eigenvalue weighted by Gasteiger charge is -2.32. The molecule has 0 saturated carbocycles. The SMILES string of the molecule is CCCOc1ccc(CN=C(NCC)NC2CCN(C(=O)OC)CC2)cn1.I. The molecule has 0 aromatic carbocycles. The molecule has 9 heteroatoms. The molecule has 1 aliphatic rings. The van der Waals surface area contributed by atoms with E-state index in [1.54, 1.807) is 11.1 Å². The van der Waals surface area contributed by atoms with Gasteiger partial charge in [0.2, 0.25) is 5.88 Å². The van der Waals surface area contributed by atoms with Crippen molar-refractivity contribution in [2.75, 3.05) is 33.4 Å². The summed E-state index contributed by atoms with van der Waals surface area (Å²) in [5.41, 5.74) is 1.02. The van der Waals surface area contributed by atoms with Gasteiger partial charge in [0, 0.05) is 37.9 Å². The van der Waals surface area contributed by atoms with Gasteiger partial charge < -0.3 is 25.0 Å². The zero-order valence-electron chi connectivity index (χ0n) is 16.9. The fourth-order valence-corrected chi connectivity index (χ4v) is 2.82. The second kappa shape index (κ2) is 13.4. The van der Waals surface area contributed by atoms with Crippen LogP contribution in [0.5, 0.6) is 5.88 Å². The molecule has 1 amide bonds. The number of amides is 1. The third-order valence-electron chi connectivity index (χ3n) is 4.28. The van der Waals surface area contributed by atoms with Gasteiger partial charge in [-0.15, -0.1) is 24.0 Å². The van der Waals surface area contributed by atoms with Crippen LogP contribution >= 0.6 is 24.0 Å². The van der Waals surface area contributed by atoms with Gasteiger partial charge in [-0.05, 0) is 31.7 Å². The maximum Gasteiger partial charge on any atom is 0.409 e. The Kier molecular flexibility index (Phi) is 11.6. The number of carbonyl (C=O) groups excluding carboxylic acids is 1. The summed E-state index contributed by atoms with van der Waals surface area (Å²) < 4.78 is 10.3. The topological polar surface area (TPSA) is 88.1 Å². The monoisotopic (exact) mass is 505 g/mol. The van der Waals surface area contributed by atoms with Crippen molar-refractivity contribution in [3.63, 3.8) is 0 Å². The number of aliphatic imine (C=N–C) groups is 1. The van der Waals surface area contributed by atoms with Crippen LogP contribution in [0, 0.1) is 0 Å². The molecule has 1 saturated heterocycles. The highest BCUT2D eigenvalue weighted by Crippen LogP contribution is 2.12. The van der Waals surface area contributed by atoms with Crippen LogP contribution in [0.4, 0.5) is 4.79 Å². The van der Waals surface area contributed by atoms with Crippen molar-refractivity contribution in [2.45, 2.75) is 45.7 Å². The molecule has 158 valence electrons. The van der Waals surface area contributed by atoms with Crippen molar-refractivity contribution in [3.8, 4) is 5.88 Å². The number of piperidine rings is 1. The molecule has 28 heavy (non-hydrogen) atoms. The molecule has 1 aliphatic heterocycles. The number of likely N-dealkylation sites (tertiary alicyclic amines) is 1. The van der Waals surface area contributed by atoms with Crippen LogP contribution in [0.25, 0.3) is 0 Å². The molecule has 1 aromatic rings. The average molecular weight is 505 g/mol. The van der Waals surface area contributed by atoms with Gasteiger partial charge in [0.15, 0.2) is 5.96 Å². The van der Waals surface area contributed by atoms with E-state index in [2.05, 4.69) is 27.5 Å². The molecule has 0 aliphatic carbocycles. The van der Waals surface area contributed by atoms with E-state index < -0.39 is 0 Å². The van der Waals surface area contributed by atoms with Crippen LogP contribution in [0.2, 0.25) is 0 Å². The minimum atomic E-state index is -0.257. The van der Waals surface area contributed by atoms with E-state index in [9.17, 15) is 4.79 Å². The number of pyridine rings is 1. The van der Waals surface area contributed by atoms with E-state index >= 15 is 0 Å². The van der Waals surface area contributed by atoms with Crippen LogP contribution in [0.15, 0.2) is 23.3 Å². The molecule has 0 bridgehead atoms. The summed E-state index contributed by atoms with van der Waals surface area (Å²) in [6.45, 7) is 7.48. The summed E-state index contributed by atoms with van der Waals surface area (Å²) in [4.78, 5) is 22.3. The first kappa shape index (κ1) is 24.3. The number of aromatic nitrogens is 1. The predicted octanol–water partition coefficient (Wildman–Crippen LogP) is 2.77. The molecule has 1 aromatic heterocycles. The smallest absolute Gasteiger partial charge is 0.409 e. The number of hydrogen-bond acceptors (Lipinski definition) is 5. The Morgan fingerprint density at radius 2 is 2.07 bits per heavy atom. The fourth-order valence-electron chi connectivity index (χ4n) is 2.82. The number of ether oxygens (including phenoxy) is 2. The van der Waals surface area contributed by atoms with Gasteiger partial charge in [-0.3, -0.25) is 0 Å². The van der Waals surface area contributed by atoms with E-state index in [-0.39, 0.29) is 36.1 Å². The molecule has 0 radical (unpaired) electrons. The van der Waals surface area contributed by atoms with Gasteiger partial charge in [0.05, 0.1) is 20.3 Å². The molecule has 2 rings (SSSR count). The number of methoxy groups -OCH3 is 1. The Morgan fingerprint density at radius 3 is 2.64 bits per heavy atom.